The van der Waals surface area contributed by atoms with E-state index in [1.807, 2.05) is 0 Å². The molecule has 0 atom stereocenters. The van der Waals surface area contributed by atoms with Crippen molar-refractivity contribution >= 4 is 0 Å². The van der Waals surface area contributed by atoms with Crippen LogP contribution in [0.1, 0.15) is 19.3 Å². The van der Waals surface area contributed by atoms with E-state index in [9.17, 15) is 0 Å². The molecule has 2 aliphatic heterocycles. The predicted molar refractivity (Wildman–Crippen MR) is 48.0 cm³/mol. The normalized spacial score (nSPS) is 30.8. The van der Waals surface area contributed by atoms with Crippen molar-refractivity contribution in [1.82, 2.24) is 10.2 Å². The lowest BCUT2D eigenvalue weighted by molar-refractivity contribution is -0.113. The first-order valence-electron chi connectivity index (χ1n) is 4.84. The molecule has 0 aliphatic carbocycles. The summed E-state index contributed by atoms with van der Waals surface area (Å²) in [4.78, 5) is 2.39. The van der Waals surface area contributed by atoms with Gasteiger partial charge in [0.15, 0.2) is 0 Å². The Balaban J connectivity index is 1.92. The van der Waals surface area contributed by atoms with E-state index in [-0.39, 0.29) is 5.60 Å². The number of hydrogen-bond acceptors (Lipinski definition) is 3. The number of hydrogen-bond donors (Lipinski definition) is 1. The van der Waals surface area contributed by atoms with Crippen LogP contribution in [0.25, 0.3) is 0 Å². The highest BCUT2D eigenvalue weighted by molar-refractivity contribution is 4.88. The smallest absolute Gasteiger partial charge is 0.0972 e. The second-order valence-electron chi connectivity index (χ2n) is 4.02. The Morgan fingerprint density at radius 3 is 2.58 bits per heavy atom. The van der Waals surface area contributed by atoms with Gasteiger partial charge in [-0.25, -0.2) is 0 Å². The number of rotatable bonds is 0. The summed E-state index contributed by atoms with van der Waals surface area (Å²) >= 11 is 0. The second kappa shape index (κ2) is 3.32. The molecule has 3 nitrogen and oxygen atoms in total. The molecule has 0 aromatic heterocycles. The minimum absolute atomic E-state index is 0.234. The maximum Gasteiger partial charge on any atom is 0.0972 e. The lowest BCUT2D eigenvalue weighted by atomic mass is 9.87. The van der Waals surface area contributed by atoms with Crippen LogP contribution >= 0.6 is 0 Å². The van der Waals surface area contributed by atoms with Crippen molar-refractivity contribution in [2.24, 2.45) is 0 Å². The van der Waals surface area contributed by atoms with Crippen molar-refractivity contribution in [3.63, 3.8) is 0 Å². The average molecular weight is 170 g/mol. The van der Waals surface area contributed by atoms with Gasteiger partial charge in [-0.1, -0.05) is 0 Å². The number of likely N-dealkylation sites (tertiary alicyclic amines) is 1. The SMILES string of the molecule is CN1CCC2(CCNCO2)CC1. The van der Waals surface area contributed by atoms with E-state index in [1.165, 1.54) is 32.4 Å². The van der Waals surface area contributed by atoms with Crippen molar-refractivity contribution in [1.29, 1.82) is 0 Å². The number of piperidine rings is 1. The fraction of sp³-hybridized carbons (Fsp3) is 1.00. The van der Waals surface area contributed by atoms with Gasteiger partial charge in [0.25, 0.3) is 0 Å². The minimum atomic E-state index is 0.234. The summed E-state index contributed by atoms with van der Waals surface area (Å²) in [6, 6.07) is 0. The molecular weight excluding hydrogens is 152 g/mol. The van der Waals surface area contributed by atoms with Crippen molar-refractivity contribution in [2.45, 2.75) is 24.9 Å². The topological polar surface area (TPSA) is 24.5 Å². The molecule has 2 saturated heterocycles. The number of nitrogens with zero attached hydrogens (tertiary/aromatic N) is 1. The van der Waals surface area contributed by atoms with E-state index in [0.717, 1.165) is 13.3 Å². The third-order valence-corrected chi connectivity index (χ3v) is 3.14. The first-order valence-corrected chi connectivity index (χ1v) is 4.84. The molecule has 12 heavy (non-hydrogen) atoms. The van der Waals surface area contributed by atoms with E-state index in [4.69, 9.17) is 4.74 Å². The highest BCUT2D eigenvalue weighted by Crippen LogP contribution is 2.30. The molecule has 0 radical (unpaired) electrons. The molecule has 0 unspecified atom stereocenters. The summed E-state index contributed by atoms with van der Waals surface area (Å²) < 4.78 is 5.82. The van der Waals surface area contributed by atoms with Crippen LogP contribution in [-0.4, -0.2) is 43.9 Å². The van der Waals surface area contributed by atoms with Crippen LogP contribution in [0.2, 0.25) is 0 Å². The van der Waals surface area contributed by atoms with Crippen molar-refractivity contribution in [3.05, 3.63) is 0 Å². The molecule has 2 aliphatic rings. The predicted octanol–water partition coefficient (Wildman–Crippen LogP) is 0.418. The molecular formula is C9H18N2O. The Hall–Kier alpha value is -0.120. The Morgan fingerprint density at radius 1 is 1.25 bits per heavy atom. The molecule has 0 bridgehead atoms. The molecule has 2 fully saturated rings. The third-order valence-electron chi connectivity index (χ3n) is 3.14. The van der Waals surface area contributed by atoms with Gasteiger partial charge in [0.05, 0.1) is 12.3 Å². The fourth-order valence-electron chi connectivity index (χ4n) is 2.09. The van der Waals surface area contributed by atoms with Crippen molar-refractivity contribution < 1.29 is 4.74 Å². The maximum atomic E-state index is 5.82. The van der Waals surface area contributed by atoms with Crippen LogP contribution in [0, 0.1) is 0 Å². The van der Waals surface area contributed by atoms with Gasteiger partial charge in [0.2, 0.25) is 0 Å². The van der Waals surface area contributed by atoms with Crippen LogP contribution in [0.5, 0.6) is 0 Å². The van der Waals surface area contributed by atoms with Crippen molar-refractivity contribution in [2.75, 3.05) is 33.4 Å². The monoisotopic (exact) mass is 170 g/mol. The van der Waals surface area contributed by atoms with E-state index in [0.29, 0.717) is 0 Å². The Morgan fingerprint density at radius 2 is 2.00 bits per heavy atom. The summed E-state index contributed by atoms with van der Waals surface area (Å²) in [5, 5.41) is 3.23. The fourth-order valence-corrected chi connectivity index (χ4v) is 2.09. The van der Waals surface area contributed by atoms with Gasteiger partial charge in [-0.3, -0.25) is 5.32 Å². The lowest BCUT2D eigenvalue weighted by Crippen LogP contribution is -2.50. The van der Waals surface area contributed by atoms with Gasteiger partial charge in [-0.15, -0.1) is 0 Å². The highest BCUT2D eigenvalue weighted by Gasteiger charge is 2.35. The summed E-state index contributed by atoms with van der Waals surface area (Å²) in [7, 11) is 2.19. The Bertz CT molecular complexity index is 145. The van der Waals surface area contributed by atoms with Gasteiger partial charge < -0.3 is 9.64 Å². The summed E-state index contributed by atoms with van der Waals surface area (Å²) in [6.07, 6.45) is 3.62. The number of nitrogens with one attached hydrogen (secondary N) is 1. The largest absolute Gasteiger partial charge is 0.360 e. The van der Waals surface area contributed by atoms with Gasteiger partial charge in [0, 0.05) is 13.1 Å². The van der Waals surface area contributed by atoms with Crippen LogP contribution in [-0.2, 0) is 4.74 Å². The molecule has 2 rings (SSSR count). The summed E-state index contributed by atoms with van der Waals surface area (Å²) in [6.45, 7) is 4.27. The minimum Gasteiger partial charge on any atom is -0.360 e. The maximum absolute atomic E-state index is 5.82. The summed E-state index contributed by atoms with van der Waals surface area (Å²) in [5.41, 5.74) is 0.234. The van der Waals surface area contributed by atoms with Crippen LogP contribution < -0.4 is 5.32 Å². The van der Waals surface area contributed by atoms with E-state index < -0.39 is 0 Å². The van der Waals surface area contributed by atoms with Crippen LogP contribution in [0.3, 0.4) is 0 Å². The van der Waals surface area contributed by atoms with Crippen LogP contribution in [0.4, 0.5) is 0 Å². The number of ether oxygens (including phenoxy) is 1. The standard InChI is InChI=1S/C9H18N2O/c1-11-6-3-9(4-7-11)2-5-10-8-12-9/h10H,2-8H2,1H3. The Kier molecular flexibility index (Phi) is 2.35. The Labute approximate surface area is 74.1 Å². The summed E-state index contributed by atoms with van der Waals surface area (Å²) in [5.74, 6) is 0. The van der Waals surface area contributed by atoms with Gasteiger partial charge >= 0.3 is 0 Å². The average Bonchev–Trinajstić information content (AvgIpc) is 2.13. The quantitative estimate of drug-likeness (QED) is 0.570. The zero-order valence-corrected chi connectivity index (χ0v) is 7.81. The zero-order chi connectivity index (χ0) is 8.44. The molecule has 3 heteroatoms. The second-order valence-corrected chi connectivity index (χ2v) is 4.02. The van der Waals surface area contributed by atoms with E-state index in [1.54, 1.807) is 0 Å². The molecule has 1 N–H and O–H groups in total. The van der Waals surface area contributed by atoms with E-state index >= 15 is 0 Å². The zero-order valence-electron chi connectivity index (χ0n) is 7.81. The van der Waals surface area contributed by atoms with Gasteiger partial charge in [-0.05, 0) is 32.9 Å². The molecule has 0 saturated carbocycles. The van der Waals surface area contributed by atoms with Crippen LogP contribution in [0.15, 0.2) is 0 Å². The lowest BCUT2D eigenvalue weighted by Gasteiger charge is -2.43. The first kappa shape index (κ1) is 8.48. The van der Waals surface area contributed by atoms with Gasteiger partial charge in [0.1, 0.15) is 0 Å². The molecule has 0 aromatic carbocycles. The molecule has 2 heterocycles. The molecule has 1 spiro atoms. The third kappa shape index (κ3) is 1.63. The molecule has 0 amide bonds. The molecule has 0 aromatic rings. The first-order chi connectivity index (χ1) is 5.81. The highest BCUT2D eigenvalue weighted by atomic mass is 16.5. The van der Waals surface area contributed by atoms with Gasteiger partial charge in [-0.2, -0.15) is 0 Å². The van der Waals surface area contributed by atoms with Crippen molar-refractivity contribution in [3.8, 4) is 0 Å². The molecule has 70 valence electrons. The van der Waals surface area contributed by atoms with E-state index in [2.05, 4.69) is 17.3 Å².